The second kappa shape index (κ2) is 6.32. The number of nitrogens with one attached hydrogen (secondary N) is 1. The normalized spacial score (nSPS) is 24.1. The number of likely N-dealkylation sites (tertiary alicyclic amines) is 1. The van der Waals surface area contributed by atoms with Crippen molar-refractivity contribution in [2.75, 3.05) is 26.8 Å². The Morgan fingerprint density at radius 1 is 1.41 bits per heavy atom. The number of nitrogens with zero attached hydrogens (tertiary/aromatic N) is 1. The van der Waals surface area contributed by atoms with Gasteiger partial charge < -0.3 is 19.7 Å². The van der Waals surface area contributed by atoms with Crippen LogP contribution in [-0.2, 0) is 9.47 Å². The first-order valence-electron chi connectivity index (χ1n) is 5.83. The summed E-state index contributed by atoms with van der Waals surface area (Å²) < 4.78 is 9.50. The van der Waals surface area contributed by atoms with Gasteiger partial charge in [-0.3, -0.25) is 0 Å². The molecular formula is C11H20N2O4. The molecular weight excluding hydrogens is 224 g/mol. The predicted molar refractivity (Wildman–Crippen MR) is 61.7 cm³/mol. The smallest absolute Gasteiger partial charge is 0.409 e. The van der Waals surface area contributed by atoms with Gasteiger partial charge in [-0.25, -0.2) is 9.59 Å². The molecule has 6 heteroatoms. The first-order chi connectivity index (χ1) is 8.06. The highest BCUT2D eigenvalue weighted by Gasteiger charge is 2.29. The average molecular weight is 244 g/mol. The number of hydrogen-bond acceptors (Lipinski definition) is 4. The van der Waals surface area contributed by atoms with E-state index in [-0.39, 0.29) is 12.1 Å². The number of amides is 2. The summed E-state index contributed by atoms with van der Waals surface area (Å²) in [5, 5.41) is 2.75. The third-order valence-electron chi connectivity index (χ3n) is 2.69. The van der Waals surface area contributed by atoms with Gasteiger partial charge in [0.25, 0.3) is 0 Å². The van der Waals surface area contributed by atoms with Crippen molar-refractivity contribution in [3.63, 3.8) is 0 Å². The second-order valence-corrected chi connectivity index (χ2v) is 4.28. The van der Waals surface area contributed by atoms with E-state index in [2.05, 4.69) is 10.1 Å². The minimum atomic E-state index is -0.434. The minimum Gasteiger partial charge on any atom is -0.453 e. The maximum Gasteiger partial charge on any atom is 0.409 e. The molecule has 6 nitrogen and oxygen atoms in total. The van der Waals surface area contributed by atoms with E-state index in [0.29, 0.717) is 25.6 Å². The SMILES string of the molecule is CCOC(=O)NC1CC(C)CN(C(=O)OC)C1. The number of alkyl carbamates (subject to hydrolysis) is 1. The maximum atomic E-state index is 11.4. The van der Waals surface area contributed by atoms with Crippen molar-refractivity contribution in [1.29, 1.82) is 0 Å². The van der Waals surface area contributed by atoms with Gasteiger partial charge in [0.2, 0.25) is 0 Å². The van der Waals surface area contributed by atoms with Gasteiger partial charge in [0, 0.05) is 13.1 Å². The van der Waals surface area contributed by atoms with Gasteiger partial charge in [-0.1, -0.05) is 6.92 Å². The third kappa shape index (κ3) is 4.13. The molecule has 0 aliphatic carbocycles. The highest BCUT2D eigenvalue weighted by Crippen LogP contribution is 2.17. The van der Waals surface area contributed by atoms with Gasteiger partial charge in [0.15, 0.2) is 0 Å². The molecule has 1 N–H and O–H groups in total. The number of carbonyl (C=O) groups excluding carboxylic acids is 2. The molecule has 0 aromatic carbocycles. The number of piperidine rings is 1. The van der Waals surface area contributed by atoms with Crippen LogP contribution in [0.1, 0.15) is 20.3 Å². The largest absolute Gasteiger partial charge is 0.453 e. The molecule has 0 aromatic rings. The lowest BCUT2D eigenvalue weighted by atomic mass is 9.96. The molecule has 1 heterocycles. The molecule has 1 aliphatic heterocycles. The Balaban J connectivity index is 2.50. The minimum absolute atomic E-state index is 0.0723. The van der Waals surface area contributed by atoms with Gasteiger partial charge in [-0.15, -0.1) is 0 Å². The van der Waals surface area contributed by atoms with E-state index >= 15 is 0 Å². The van der Waals surface area contributed by atoms with Crippen molar-refractivity contribution < 1.29 is 19.1 Å². The van der Waals surface area contributed by atoms with E-state index in [1.54, 1.807) is 11.8 Å². The van der Waals surface area contributed by atoms with Crippen molar-refractivity contribution in [3.05, 3.63) is 0 Å². The quantitative estimate of drug-likeness (QED) is 0.792. The van der Waals surface area contributed by atoms with E-state index in [1.165, 1.54) is 7.11 Å². The molecule has 2 atom stereocenters. The van der Waals surface area contributed by atoms with Crippen LogP contribution in [0, 0.1) is 5.92 Å². The first-order valence-corrected chi connectivity index (χ1v) is 5.83. The van der Waals surface area contributed by atoms with E-state index in [0.717, 1.165) is 6.42 Å². The molecule has 0 saturated carbocycles. The predicted octanol–water partition coefficient (Wildman–Crippen LogP) is 1.21. The van der Waals surface area contributed by atoms with Crippen molar-refractivity contribution in [2.24, 2.45) is 5.92 Å². The Labute approximate surface area is 101 Å². The molecule has 2 amide bonds. The van der Waals surface area contributed by atoms with Crippen molar-refractivity contribution in [1.82, 2.24) is 10.2 Å². The summed E-state index contributed by atoms with van der Waals surface area (Å²) in [7, 11) is 1.36. The summed E-state index contributed by atoms with van der Waals surface area (Å²) in [6.07, 6.45) is 0.0513. The third-order valence-corrected chi connectivity index (χ3v) is 2.69. The van der Waals surface area contributed by atoms with E-state index < -0.39 is 6.09 Å². The molecule has 0 spiro atoms. The fourth-order valence-electron chi connectivity index (χ4n) is 2.07. The van der Waals surface area contributed by atoms with Crippen LogP contribution >= 0.6 is 0 Å². The zero-order valence-electron chi connectivity index (χ0n) is 10.6. The van der Waals surface area contributed by atoms with Crippen LogP contribution in [0.25, 0.3) is 0 Å². The zero-order chi connectivity index (χ0) is 12.8. The topological polar surface area (TPSA) is 67.9 Å². The standard InChI is InChI=1S/C11H20N2O4/c1-4-17-10(14)12-9-5-8(2)6-13(7-9)11(15)16-3/h8-9H,4-7H2,1-3H3,(H,12,14). The van der Waals surface area contributed by atoms with Gasteiger partial charge in [0.1, 0.15) is 0 Å². The van der Waals surface area contributed by atoms with Crippen LogP contribution in [-0.4, -0.2) is 49.9 Å². The lowest BCUT2D eigenvalue weighted by Crippen LogP contribution is -2.52. The number of rotatable bonds is 2. The van der Waals surface area contributed by atoms with Gasteiger partial charge >= 0.3 is 12.2 Å². The van der Waals surface area contributed by atoms with E-state index in [9.17, 15) is 9.59 Å². The van der Waals surface area contributed by atoms with Crippen LogP contribution in [0.15, 0.2) is 0 Å². The van der Waals surface area contributed by atoms with Crippen molar-refractivity contribution in [3.8, 4) is 0 Å². The summed E-state index contributed by atoms with van der Waals surface area (Å²) in [5.41, 5.74) is 0. The molecule has 2 unspecified atom stereocenters. The van der Waals surface area contributed by atoms with Crippen molar-refractivity contribution in [2.45, 2.75) is 26.3 Å². The van der Waals surface area contributed by atoms with Crippen LogP contribution in [0.3, 0.4) is 0 Å². The summed E-state index contributed by atoms with van der Waals surface area (Å²) >= 11 is 0. The Morgan fingerprint density at radius 2 is 2.12 bits per heavy atom. The van der Waals surface area contributed by atoms with Gasteiger partial charge in [-0.2, -0.15) is 0 Å². The highest BCUT2D eigenvalue weighted by atomic mass is 16.5. The Hall–Kier alpha value is -1.46. The number of hydrogen-bond donors (Lipinski definition) is 1. The fraction of sp³-hybridized carbons (Fsp3) is 0.818. The summed E-state index contributed by atoms with van der Waals surface area (Å²) in [6, 6.07) is -0.0723. The lowest BCUT2D eigenvalue weighted by molar-refractivity contribution is 0.0895. The number of carbonyl (C=O) groups is 2. The van der Waals surface area contributed by atoms with Crippen LogP contribution < -0.4 is 5.32 Å². The molecule has 0 radical (unpaired) electrons. The lowest BCUT2D eigenvalue weighted by Gasteiger charge is -2.35. The zero-order valence-corrected chi connectivity index (χ0v) is 10.6. The summed E-state index contributed by atoms with van der Waals surface area (Å²) in [4.78, 5) is 24.3. The van der Waals surface area contributed by atoms with Gasteiger partial charge in [-0.05, 0) is 19.3 Å². The molecule has 1 aliphatic rings. The monoisotopic (exact) mass is 244 g/mol. The average Bonchev–Trinajstić information content (AvgIpc) is 2.27. The molecule has 1 rings (SSSR count). The second-order valence-electron chi connectivity index (χ2n) is 4.28. The first kappa shape index (κ1) is 13.6. The van der Waals surface area contributed by atoms with Crippen LogP contribution in [0.4, 0.5) is 9.59 Å². The van der Waals surface area contributed by atoms with Crippen LogP contribution in [0.5, 0.6) is 0 Å². The Kier molecular flexibility index (Phi) is 5.06. The molecule has 1 saturated heterocycles. The number of ether oxygens (including phenoxy) is 2. The molecule has 0 aromatic heterocycles. The Bertz CT molecular complexity index is 283. The summed E-state index contributed by atoms with van der Waals surface area (Å²) in [5.74, 6) is 0.328. The molecule has 17 heavy (non-hydrogen) atoms. The Morgan fingerprint density at radius 3 is 2.71 bits per heavy atom. The maximum absolute atomic E-state index is 11.4. The summed E-state index contributed by atoms with van der Waals surface area (Å²) in [6.45, 7) is 5.26. The highest BCUT2D eigenvalue weighted by molar-refractivity contribution is 5.69. The molecule has 1 fully saturated rings. The van der Waals surface area contributed by atoms with Crippen molar-refractivity contribution >= 4 is 12.2 Å². The molecule has 98 valence electrons. The number of methoxy groups -OCH3 is 1. The molecule has 0 bridgehead atoms. The fourth-order valence-corrected chi connectivity index (χ4v) is 2.07. The van der Waals surface area contributed by atoms with Gasteiger partial charge in [0.05, 0.1) is 19.8 Å². The van der Waals surface area contributed by atoms with E-state index in [4.69, 9.17) is 4.74 Å². The van der Waals surface area contributed by atoms with Crippen LogP contribution in [0.2, 0.25) is 0 Å². The van der Waals surface area contributed by atoms with E-state index in [1.807, 2.05) is 6.92 Å².